The normalized spacial score (nSPS) is 12.3. The van der Waals surface area contributed by atoms with E-state index in [0.717, 1.165) is 22.4 Å². The highest BCUT2D eigenvalue weighted by atomic mass is 16.3. The van der Waals surface area contributed by atoms with Crippen LogP contribution < -0.4 is 0 Å². The Morgan fingerprint density at radius 3 is 2.80 bits per heavy atom. The first-order valence-electron chi connectivity index (χ1n) is 5.12. The van der Waals surface area contributed by atoms with Gasteiger partial charge in [0.2, 0.25) is 0 Å². The Morgan fingerprint density at radius 1 is 1.40 bits per heavy atom. The van der Waals surface area contributed by atoms with Crippen LogP contribution in [0.15, 0.2) is 18.2 Å². The van der Waals surface area contributed by atoms with E-state index < -0.39 is 5.60 Å². The van der Waals surface area contributed by atoms with E-state index in [1.165, 1.54) is 0 Å². The van der Waals surface area contributed by atoms with E-state index in [1.54, 1.807) is 0 Å². The number of aromatic amines is 1. The van der Waals surface area contributed by atoms with E-state index >= 15 is 0 Å². The molecule has 0 aliphatic rings. The average Bonchev–Trinajstić information content (AvgIpc) is 2.40. The van der Waals surface area contributed by atoms with Gasteiger partial charge in [-0.05, 0) is 38.5 Å². The molecule has 0 bridgehead atoms. The van der Waals surface area contributed by atoms with Crippen molar-refractivity contribution in [3.8, 4) is 0 Å². The summed E-state index contributed by atoms with van der Waals surface area (Å²) in [6.45, 7) is 5.57. The zero-order valence-electron chi connectivity index (χ0n) is 9.33. The van der Waals surface area contributed by atoms with Crippen molar-refractivity contribution in [3.63, 3.8) is 0 Å². The van der Waals surface area contributed by atoms with Crippen molar-refractivity contribution in [2.24, 2.45) is 0 Å². The number of nitrogens with zero attached hydrogens (tertiary/aromatic N) is 1. The Kier molecular flexibility index (Phi) is 2.27. The standard InChI is InChI=1S/C12H16N2O/c1-8-13-10-5-4-9(6-11(10)14-8)7-12(2,3)15/h4-6,15H,7H2,1-3H3,(H,13,14). The lowest BCUT2D eigenvalue weighted by molar-refractivity contribution is 0.0810. The van der Waals surface area contributed by atoms with Crippen LogP contribution in [0.5, 0.6) is 0 Å². The van der Waals surface area contributed by atoms with E-state index in [-0.39, 0.29) is 0 Å². The molecule has 2 rings (SSSR count). The number of hydrogen-bond acceptors (Lipinski definition) is 2. The van der Waals surface area contributed by atoms with Gasteiger partial charge in [-0.25, -0.2) is 4.98 Å². The average molecular weight is 204 g/mol. The first kappa shape index (κ1) is 10.2. The number of nitrogens with one attached hydrogen (secondary N) is 1. The van der Waals surface area contributed by atoms with Gasteiger partial charge in [-0.3, -0.25) is 0 Å². The lowest BCUT2D eigenvalue weighted by Gasteiger charge is -2.16. The number of hydrogen-bond donors (Lipinski definition) is 2. The fraction of sp³-hybridized carbons (Fsp3) is 0.417. The van der Waals surface area contributed by atoms with Gasteiger partial charge in [-0.2, -0.15) is 0 Å². The molecule has 0 aliphatic heterocycles. The van der Waals surface area contributed by atoms with Gasteiger partial charge in [-0.15, -0.1) is 0 Å². The van der Waals surface area contributed by atoms with Gasteiger partial charge in [0.1, 0.15) is 5.82 Å². The summed E-state index contributed by atoms with van der Waals surface area (Å²) in [5, 5.41) is 9.72. The molecule has 0 fully saturated rings. The van der Waals surface area contributed by atoms with Crippen molar-refractivity contribution in [3.05, 3.63) is 29.6 Å². The maximum absolute atomic E-state index is 9.72. The van der Waals surface area contributed by atoms with Crippen molar-refractivity contribution < 1.29 is 5.11 Å². The minimum Gasteiger partial charge on any atom is -0.390 e. The lowest BCUT2D eigenvalue weighted by atomic mass is 9.98. The molecule has 0 saturated heterocycles. The fourth-order valence-corrected chi connectivity index (χ4v) is 1.79. The monoisotopic (exact) mass is 204 g/mol. The van der Waals surface area contributed by atoms with Gasteiger partial charge in [0, 0.05) is 6.42 Å². The number of aryl methyl sites for hydroxylation is 1. The highest BCUT2D eigenvalue weighted by Crippen LogP contribution is 2.17. The summed E-state index contributed by atoms with van der Waals surface area (Å²) in [6.07, 6.45) is 0.654. The largest absolute Gasteiger partial charge is 0.390 e. The van der Waals surface area contributed by atoms with Crippen LogP contribution in [0.3, 0.4) is 0 Å². The molecule has 0 amide bonds. The van der Waals surface area contributed by atoms with Gasteiger partial charge in [-0.1, -0.05) is 6.07 Å². The van der Waals surface area contributed by atoms with Crippen molar-refractivity contribution in [1.82, 2.24) is 9.97 Å². The van der Waals surface area contributed by atoms with Gasteiger partial charge in [0.25, 0.3) is 0 Å². The van der Waals surface area contributed by atoms with Crippen LogP contribution in [0, 0.1) is 6.92 Å². The summed E-state index contributed by atoms with van der Waals surface area (Å²) in [7, 11) is 0. The van der Waals surface area contributed by atoms with Crippen molar-refractivity contribution >= 4 is 11.0 Å². The molecular weight excluding hydrogens is 188 g/mol. The summed E-state index contributed by atoms with van der Waals surface area (Å²) >= 11 is 0. The predicted octanol–water partition coefficient (Wildman–Crippen LogP) is 2.18. The number of rotatable bonds is 2. The Morgan fingerprint density at radius 2 is 2.13 bits per heavy atom. The maximum Gasteiger partial charge on any atom is 0.104 e. The number of fused-ring (bicyclic) bond motifs is 1. The van der Waals surface area contributed by atoms with Crippen LogP contribution >= 0.6 is 0 Å². The topological polar surface area (TPSA) is 48.9 Å². The maximum atomic E-state index is 9.72. The molecule has 0 atom stereocenters. The first-order valence-corrected chi connectivity index (χ1v) is 5.12. The SMILES string of the molecule is Cc1nc2ccc(CC(C)(C)O)cc2[nH]1. The molecule has 2 aromatic rings. The van der Waals surface area contributed by atoms with Crippen molar-refractivity contribution in [2.45, 2.75) is 32.8 Å². The summed E-state index contributed by atoms with van der Waals surface area (Å²) in [6, 6.07) is 6.05. The smallest absolute Gasteiger partial charge is 0.104 e. The van der Waals surface area contributed by atoms with Gasteiger partial charge in [0.05, 0.1) is 16.6 Å². The zero-order valence-corrected chi connectivity index (χ0v) is 9.33. The second kappa shape index (κ2) is 3.35. The molecule has 1 aromatic heterocycles. The third-order valence-electron chi connectivity index (χ3n) is 2.30. The van der Waals surface area contributed by atoms with E-state index in [0.29, 0.717) is 6.42 Å². The predicted molar refractivity (Wildman–Crippen MR) is 60.8 cm³/mol. The Bertz CT molecular complexity index is 480. The van der Waals surface area contributed by atoms with E-state index in [1.807, 2.05) is 39.0 Å². The highest BCUT2D eigenvalue weighted by molar-refractivity contribution is 5.75. The molecule has 15 heavy (non-hydrogen) atoms. The minimum absolute atomic E-state index is 0.654. The van der Waals surface area contributed by atoms with Crippen molar-refractivity contribution in [1.29, 1.82) is 0 Å². The third-order valence-corrected chi connectivity index (χ3v) is 2.30. The third kappa shape index (κ3) is 2.36. The van der Waals surface area contributed by atoms with Gasteiger partial charge in [0.15, 0.2) is 0 Å². The molecule has 3 nitrogen and oxygen atoms in total. The molecule has 2 N–H and O–H groups in total. The molecule has 80 valence electrons. The molecular formula is C12H16N2O. The van der Waals surface area contributed by atoms with Gasteiger partial charge < -0.3 is 10.1 Å². The number of aromatic nitrogens is 2. The van der Waals surface area contributed by atoms with Crippen LogP contribution in [-0.4, -0.2) is 20.7 Å². The zero-order chi connectivity index (χ0) is 11.1. The van der Waals surface area contributed by atoms with Crippen LogP contribution in [0.25, 0.3) is 11.0 Å². The molecule has 1 aromatic carbocycles. The molecule has 3 heteroatoms. The fourth-order valence-electron chi connectivity index (χ4n) is 1.79. The van der Waals surface area contributed by atoms with Crippen molar-refractivity contribution in [2.75, 3.05) is 0 Å². The Hall–Kier alpha value is -1.35. The van der Waals surface area contributed by atoms with Crippen LogP contribution in [-0.2, 0) is 6.42 Å². The van der Waals surface area contributed by atoms with Crippen LogP contribution in [0.1, 0.15) is 25.2 Å². The second-order valence-electron chi connectivity index (χ2n) is 4.66. The molecule has 0 unspecified atom stereocenters. The Balaban J connectivity index is 2.38. The number of benzene rings is 1. The van der Waals surface area contributed by atoms with E-state index in [2.05, 4.69) is 9.97 Å². The van der Waals surface area contributed by atoms with E-state index in [4.69, 9.17) is 0 Å². The molecule has 0 aliphatic carbocycles. The van der Waals surface area contributed by atoms with E-state index in [9.17, 15) is 5.11 Å². The summed E-state index contributed by atoms with van der Waals surface area (Å²) in [5.74, 6) is 0.922. The van der Waals surface area contributed by atoms with Crippen LogP contribution in [0.4, 0.5) is 0 Å². The number of H-pyrrole nitrogens is 1. The molecule has 0 saturated carbocycles. The summed E-state index contributed by atoms with van der Waals surface area (Å²) in [4.78, 5) is 7.52. The molecule has 1 heterocycles. The minimum atomic E-state index is -0.664. The first-order chi connectivity index (χ1) is 6.94. The lowest BCUT2D eigenvalue weighted by Crippen LogP contribution is -2.21. The molecule has 0 radical (unpaired) electrons. The summed E-state index contributed by atoms with van der Waals surface area (Å²) in [5.41, 5.74) is 2.47. The molecule has 0 spiro atoms. The second-order valence-corrected chi connectivity index (χ2v) is 4.66. The summed E-state index contributed by atoms with van der Waals surface area (Å²) < 4.78 is 0. The van der Waals surface area contributed by atoms with Crippen LogP contribution in [0.2, 0.25) is 0 Å². The quantitative estimate of drug-likeness (QED) is 0.787. The highest BCUT2D eigenvalue weighted by Gasteiger charge is 2.13. The number of imidazole rings is 1. The van der Waals surface area contributed by atoms with Gasteiger partial charge >= 0.3 is 0 Å². The number of aliphatic hydroxyl groups is 1. The Labute approximate surface area is 89.2 Å².